The average molecular weight is 488 g/mol. The molecule has 0 unspecified atom stereocenters. The van der Waals surface area contributed by atoms with E-state index in [9.17, 15) is 4.79 Å². The van der Waals surface area contributed by atoms with Gasteiger partial charge in [-0.3, -0.25) is 4.79 Å². The quantitative estimate of drug-likeness (QED) is 0.458. The van der Waals surface area contributed by atoms with E-state index in [-0.39, 0.29) is 24.2 Å². The number of anilines is 1. The summed E-state index contributed by atoms with van der Waals surface area (Å²) in [6.07, 6.45) is 2.53. The number of nitrogens with one attached hydrogen (secondary N) is 2. The molecule has 5 nitrogen and oxygen atoms in total. The van der Waals surface area contributed by atoms with Crippen molar-refractivity contribution in [3.63, 3.8) is 0 Å². The molecule has 1 aliphatic rings. The molecule has 170 valence electrons. The SMILES string of the molecule is COc1ccc(Oc2c(Cl)cc(NC(=O)CC3CCNCC3)cc2Cl)cc1C(C)C.Cl. The summed E-state index contributed by atoms with van der Waals surface area (Å²) in [5.41, 5.74) is 1.60. The molecule has 0 aliphatic carbocycles. The number of carbonyl (C=O) groups is 1. The van der Waals surface area contributed by atoms with Crippen molar-refractivity contribution in [2.75, 3.05) is 25.5 Å². The molecule has 0 bridgehead atoms. The highest BCUT2D eigenvalue weighted by molar-refractivity contribution is 6.37. The van der Waals surface area contributed by atoms with E-state index < -0.39 is 0 Å². The van der Waals surface area contributed by atoms with Crippen LogP contribution in [0, 0.1) is 5.92 Å². The molecule has 8 heteroatoms. The molecular weight excluding hydrogens is 459 g/mol. The molecule has 1 aliphatic heterocycles. The number of piperidine rings is 1. The van der Waals surface area contributed by atoms with Crippen molar-refractivity contribution in [2.24, 2.45) is 5.92 Å². The van der Waals surface area contributed by atoms with E-state index in [1.165, 1.54) is 0 Å². The molecular formula is C23H29Cl3N2O3. The molecule has 31 heavy (non-hydrogen) atoms. The van der Waals surface area contributed by atoms with Crippen LogP contribution in [0.5, 0.6) is 17.2 Å². The fraction of sp³-hybridized carbons (Fsp3) is 0.435. The van der Waals surface area contributed by atoms with Crippen LogP contribution in [0.3, 0.4) is 0 Å². The van der Waals surface area contributed by atoms with Crippen molar-refractivity contribution < 1.29 is 14.3 Å². The molecule has 0 atom stereocenters. The fourth-order valence-electron chi connectivity index (χ4n) is 3.63. The second-order valence-electron chi connectivity index (χ2n) is 7.88. The minimum absolute atomic E-state index is 0. The average Bonchev–Trinajstić information content (AvgIpc) is 2.71. The first-order chi connectivity index (χ1) is 14.4. The fourth-order valence-corrected chi connectivity index (χ4v) is 4.20. The van der Waals surface area contributed by atoms with Crippen molar-refractivity contribution in [1.29, 1.82) is 0 Å². The lowest BCUT2D eigenvalue weighted by Crippen LogP contribution is -2.30. The van der Waals surface area contributed by atoms with E-state index in [0.717, 1.165) is 37.2 Å². The van der Waals surface area contributed by atoms with Crippen molar-refractivity contribution >= 4 is 47.2 Å². The summed E-state index contributed by atoms with van der Waals surface area (Å²) < 4.78 is 11.4. The van der Waals surface area contributed by atoms with Gasteiger partial charge in [0, 0.05) is 17.7 Å². The van der Waals surface area contributed by atoms with Gasteiger partial charge in [0.25, 0.3) is 0 Å². The molecule has 2 aromatic carbocycles. The number of amides is 1. The Hall–Kier alpha value is -1.66. The second kappa shape index (κ2) is 11.8. The smallest absolute Gasteiger partial charge is 0.224 e. The molecule has 0 radical (unpaired) electrons. The first kappa shape index (κ1) is 25.6. The Bertz CT molecular complexity index is 877. The highest BCUT2D eigenvalue weighted by atomic mass is 35.5. The van der Waals surface area contributed by atoms with Gasteiger partial charge < -0.3 is 20.1 Å². The topological polar surface area (TPSA) is 59.6 Å². The lowest BCUT2D eigenvalue weighted by atomic mass is 9.94. The number of benzene rings is 2. The van der Waals surface area contributed by atoms with Crippen LogP contribution < -0.4 is 20.1 Å². The highest BCUT2D eigenvalue weighted by Gasteiger charge is 2.18. The Morgan fingerprint density at radius 1 is 1.16 bits per heavy atom. The predicted octanol–water partition coefficient (Wildman–Crippen LogP) is 6.67. The molecule has 2 N–H and O–H groups in total. The first-order valence-electron chi connectivity index (χ1n) is 10.2. The minimum atomic E-state index is -0.0283. The van der Waals surface area contributed by atoms with Crippen LogP contribution in [0.25, 0.3) is 0 Å². The van der Waals surface area contributed by atoms with Gasteiger partial charge in [-0.05, 0) is 68.1 Å². The van der Waals surface area contributed by atoms with Gasteiger partial charge in [-0.15, -0.1) is 12.4 Å². The zero-order chi connectivity index (χ0) is 21.7. The maximum Gasteiger partial charge on any atom is 0.224 e. The lowest BCUT2D eigenvalue weighted by molar-refractivity contribution is -0.117. The molecule has 1 saturated heterocycles. The molecule has 1 heterocycles. The maximum atomic E-state index is 12.4. The zero-order valence-electron chi connectivity index (χ0n) is 18.0. The molecule has 1 amide bonds. The largest absolute Gasteiger partial charge is 0.496 e. The summed E-state index contributed by atoms with van der Waals surface area (Å²) in [5.74, 6) is 2.43. The van der Waals surface area contributed by atoms with Crippen LogP contribution >= 0.6 is 35.6 Å². The minimum Gasteiger partial charge on any atom is -0.496 e. The third-order valence-electron chi connectivity index (χ3n) is 5.26. The van der Waals surface area contributed by atoms with Crippen LogP contribution in [-0.2, 0) is 4.79 Å². The number of hydrogen-bond donors (Lipinski definition) is 2. The van der Waals surface area contributed by atoms with E-state index >= 15 is 0 Å². The van der Waals surface area contributed by atoms with E-state index in [1.54, 1.807) is 19.2 Å². The van der Waals surface area contributed by atoms with E-state index in [1.807, 2.05) is 18.2 Å². The molecule has 3 rings (SSSR count). The number of hydrogen-bond acceptors (Lipinski definition) is 4. The maximum absolute atomic E-state index is 12.4. The van der Waals surface area contributed by atoms with Crippen LogP contribution in [0.2, 0.25) is 10.0 Å². The summed E-state index contributed by atoms with van der Waals surface area (Å²) in [6.45, 7) is 6.10. The number of methoxy groups -OCH3 is 1. The molecule has 1 fully saturated rings. The van der Waals surface area contributed by atoms with Crippen molar-refractivity contribution in [2.45, 2.75) is 39.0 Å². The van der Waals surface area contributed by atoms with Crippen molar-refractivity contribution in [3.05, 3.63) is 45.9 Å². The second-order valence-corrected chi connectivity index (χ2v) is 8.69. The number of carbonyl (C=O) groups excluding carboxylic acids is 1. The molecule has 0 spiro atoms. The Balaban J connectivity index is 0.00000341. The first-order valence-corrected chi connectivity index (χ1v) is 11.0. The van der Waals surface area contributed by atoms with Gasteiger partial charge in [-0.2, -0.15) is 0 Å². The molecule has 2 aromatic rings. The van der Waals surface area contributed by atoms with Gasteiger partial charge in [-0.1, -0.05) is 37.0 Å². The van der Waals surface area contributed by atoms with Gasteiger partial charge in [0.2, 0.25) is 5.91 Å². The monoisotopic (exact) mass is 486 g/mol. The highest BCUT2D eigenvalue weighted by Crippen LogP contribution is 2.40. The summed E-state index contributed by atoms with van der Waals surface area (Å²) in [6, 6.07) is 8.92. The number of halogens is 3. The van der Waals surface area contributed by atoms with Crippen LogP contribution in [-0.4, -0.2) is 26.1 Å². The van der Waals surface area contributed by atoms with E-state index in [0.29, 0.717) is 39.6 Å². The summed E-state index contributed by atoms with van der Waals surface area (Å²) in [5, 5.41) is 6.88. The van der Waals surface area contributed by atoms with Gasteiger partial charge in [0.1, 0.15) is 11.5 Å². The standard InChI is InChI=1S/C23H28Cl2N2O3.ClH/c1-14(2)18-13-17(4-5-21(18)29-3)30-23-19(24)11-16(12-20(23)25)27-22(28)10-15-6-8-26-9-7-15;/h4-5,11-15,26H,6-10H2,1-3H3,(H,27,28);1H. The van der Waals surface area contributed by atoms with Gasteiger partial charge in [-0.25, -0.2) is 0 Å². The van der Waals surface area contributed by atoms with Gasteiger partial charge in [0.15, 0.2) is 5.75 Å². The number of rotatable bonds is 7. The van der Waals surface area contributed by atoms with Crippen LogP contribution in [0.4, 0.5) is 5.69 Å². The van der Waals surface area contributed by atoms with Crippen LogP contribution in [0.15, 0.2) is 30.3 Å². The number of ether oxygens (including phenoxy) is 2. The Labute approximate surface area is 200 Å². The molecule has 0 aromatic heterocycles. The summed E-state index contributed by atoms with van der Waals surface area (Å²) >= 11 is 12.9. The molecule has 0 saturated carbocycles. The van der Waals surface area contributed by atoms with E-state index in [2.05, 4.69) is 24.5 Å². The normalized spacial score (nSPS) is 14.1. The van der Waals surface area contributed by atoms with E-state index in [4.69, 9.17) is 32.7 Å². The third-order valence-corrected chi connectivity index (χ3v) is 5.82. The van der Waals surface area contributed by atoms with Gasteiger partial charge in [0.05, 0.1) is 17.2 Å². The van der Waals surface area contributed by atoms with Gasteiger partial charge >= 0.3 is 0 Å². The Morgan fingerprint density at radius 2 is 1.81 bits per heavy atom. The predicted molar refractivity (Wildman–Crippen MR) is 130 cm³/mol. The third kappa shape index (κ3) is 6.91. The van der Waals surface area contributed by atoms with Crippen molar-refractivity contribution in [1.82, 2.24) is 5.32 Å². The van der Waals surface area contributed by atoms with Crippen molar-refractivity contribution in [3.8, 4) is 17.2 Å². The Morgan fingerprint density at radius 3 is 2.39 bits per heavy atom. The lowest BCUT2D eigenvalue weighted by Gasteiger charge is -2.22. The summed E-state index contributed by atoms with van der Waals surface area (Å²) in [7, 11) is 1.65. The van der Waals surface area contributed by atoms with Crippen LogP contribution in [0.1, 0.15) is 44.6 Å². The zero-order valence-corrected chi connectivity index (χ0v) is 20.3. The Kier molecular flexibility index (Phi) is 9.76. The summed E-state index contributed by atoms with van der Waals surface area (Å²) in [4.78, 5) is 12.4.